The van der Waals surface area contributed by atoms with Crippen molar-refractivity contribution in [2.45, 2.75) is 6.42 Å². The number of rotatable bonds is 1. The predicted octanol–water partition coefficient (Wildman–Crippen LogP) is 0.379. The second-order valence-electron chi connectivity index (χ2n) is 2.35. The third kappa shape index (κ3) is 1.29. The number of ether oxygens (including phenoxy) is 1. The lowest BCUT2D eigenvalue weighted by Gasteiger charge is -2.20. The van der Waals surface area contributed by atoms with Crippen molar-refractivity contribution in [1.82, 2.24) is 4.90 Å². The maximum atomic E-state index is 11.0. The van der Waals surface area contributed by atoms with Crippen molar-refractivity contribution in [3.63, 3.8) is 0 Å². The molecule has 10 heavy (non-hydrogen) atoms. The van der Waals surface area contributed by atoms with E-state index in [2.05, 4.69) is 0 Å². The summed E-state index contributed by atoms with van der Waals surface area (Å²) in [6.07, 6.45) is 2.29. The number of hydrogen-bond donors (Lipinski definition) is 0. The number of methoxy groups -OCH3 is 1. The number of carbonyl (C=O) groups is 1. The summed E-state index contributed by atoms with van der Waals surface area (Å²) in [4.78, 5) is 12.9. The van der Waals surface area contributed by atoms with Crippen LogP contribution in [0.15, 0.2) is 12.0 Å². The van der Waals surface area contributed by atoms with Crippen LogP contribution in [0.25, 0.3) is 0 Å². The largest absolute Gasteiger partial charge is 0.492 e. The van der Waals surface area contributed by atoms with Crippen molar-refractivity contribution < 1.29 is 9.53 Å². The smallest absolute Gasteiger partial charge is 0.200 e. The second-order valence-corrected chi connectivity index (χ2v) is 2.35. The number of nitrogens with zero attached hydrogens (tertiary/aromatic N) is 1. The molecule has 1 heterocycles. The Balaban J connectivity index is 2.72. The minimum Gasteiger partial charge on any atom is -0.492 e. The molecule has 0 spiro atoms. The Morgan fingerprint density at radius 1 is 1.70 bits per heavy atom. The molecule has 0 radical (unpaired) electrons. The molecule has 56 valence electrons. The highest BCUT2D eigenvalue weighted by molar-refractivity contribution is 5.94. The standard InChI is InChI=1S/C7H11NO2/c1-8-4-3-6(9)7(5-8)10-2/h5H,3-4H2,1-2H3. The molecule has 0 amide bonds. The van der Waals surface area contributed by atoms with Crippen LogP contribution in [-0.2, 0) is 9.53 Å². The molecule has 0 aromatic heterocycles. The predicted molar refractivity (Wildman–Crippen MR) is 37.3 cm³/mol. The summed E-state index contributed by atoms with van der Waals surface area (Å²) < 4.78 is 4.84. The maximum absolute atomic E-state index is 11.0. The first-order valence-electron chi connectivity index (χ1n) is 3.23. The molecule has 0 atom stereocenters. The van der Waals surface area contributed by atoms with Crippen LogP contribution in [0.5, 0.6) is 0 Å². The Bertz CT molecular complexity index is 174. The lowest BCUT2D eigenvalue weighted by Crippen LogP contribution is -2.24. The fourth-order valence-electron chi connectivity index (χ4n) is 0.904. The molecule has 0 fully saturated rings. The van der Waals surface area contributed by atoms with Crippen LogP contribution < -0.4 is 0 Å². The van der Waals surface area contributed by atoms with Gasteiger partial charge in [0.05, 0.1) is 7.11 Å². The molecule has 0 aliphatic carbocycles. The van der Waals surface area contributed by atoms with E-state index in [9.17, 15) is 4.79 Å². The molecule has 0 saturated carbocycles. The van der Waals surface area contributed by atoms with E-state index in [-0.39, 0.29) is 5.78 Å². The van der Waals surface area contributed by atoms with Crippen LogP contribution in [0, 0.1) is 0 Å². The van der Waals surface area contributed by atoms with E-state index in [1.54, 1.807) is 6.20 Å². The van der Waals surface area contributed by atoms with Crippen molar-refractivity contribution in [1.29, 1.82) is 0 Å². The molecule has 0 unspecified atom stereocenters. The van der Waals surface area contributed by atoms with Crippen LogP contribution in [0.2, 0.25) is 0 Å². The Kier molecular flexibility index (Phi) is 1.94. The van der Waals surface area contributed by atoms with Gasteiger partial charge in [0.25, 0.3) is 0 Å². The van der Waals surface area contributed by atoms with Crippen LogP contribution in [0.3, 0.4) is 0 Å². The second kappa shape index (κ2) is 2.73. The van der Waals surface area contributed by atoms with Gasteiger partial charge in [0, 0.05) is 26.2 Å². The molecule has 0 saturated heterocycles. The third-order valence-corrected chi connectivity index (χ3v) is 1.52. The highest BCUT2D eigenvalue weighted by Crippen LogP contribution is 2.08. The van der Waals surface area contributed by atoms with Crippen molar-refractivity contribution >= 4 is 5.78 Å². The maximum Gasteiger partial charge on any atom is 0.200 e. The summed E-state index contributed by atoms with van der Waals surface area (Å²) in [5.41, 5.74) is 0. The quantitative estimate of drug-likeness (QED) is 0.528. The summed E-state index contributed by atoms with van der Waals surface area (Å²) >= 11 is 0. The first kappa shape index (κ1) is 7.12. The minimum atomic E-state index is 0.0978. The summed E-state index contributed by atoms with van der Waals surface area (Å²) in [6, 6.07) is 0. The number of hydrogen-bond acceptors (Lipinski definition) is 3. The lowest BCUT2D eigenvalue weighted by atomic mass is 10.2. The van der Waals surface area contributed by atoms with Crippen molar-refractivity contribution in [3.05, 3.63) is 12.0 Å². The molecular formula is C7H11NO2. The van der Waals surface area contributed by atoms with Gasteiger partial charge in [-0.05, 0) is 0 Å². The molecular weight excluding hydrogens is 130 g/mol. The SMILES string of the molecule is COC1=CN(C)CCC1=O. The van der Waals surface area contributed by atoms with Crippen molar-refractivity contribution in [2.24, 2.45) is 0 Å². The highest BCUT2D eigenvalue weighted by Gasteiger charge is 2.15. The van der Waals surface area contributed by atoms with Gasteiger partial charge >= 0.3 is 0 Å². The zero-order valence-corrected chi connectivity index (χ0v) is 6.26. The van der Waals surface area contributed by atoms with Gasteiger partial charge in [0.1, 0.15) is 0 Å². The van der Waals surface area contributed by atoms with Crippen molar-refractivity contribution in [3.8, 4) is 0 Å². The molecule has 0 aromatic carbocycles. The van der Waals surface area contributed by atoms with E-state index in [0.717, 1.165) is 6.54 Å². The first-order valence-corrected chi connectivity index (χ1v) is 3.23. The van der Waals surface area contributed by atoms with Gasteiger partial charge in [-0.2, -0.15) is 0 Å². The van der Waals surface area contributed by atoms with Gasteiger partial charge < -0.3 is 9.64 Å². The van der Waals surface area contributed by atoms with Crippen LogP contribution in [0.1, 0.15) is 6.42 Å². The van der Waals surface area contributed by atoms with E-state index in [4.69, 9.17) is 4.74 Å². The molecule has 0 bridgehead atoms. The topological polar surface area (TPSA) is 29.5 Å². The molecule has 1 aliphatic rings. The fraction of sp³-hybridized carbons (Fsp3) is 0.571. The Morgan fingerprint density at radius 3 is 2.90 bits per heavy atom. The summed E-state index contributed by atoms with van der Waals surface area (Å²) in [6.45, 7) is 0.797. The van der Waals surface area contributed by atoms with Gasteiger partial charge in [0.15, 0.2) is 5.76 Å². The van der Waals surface area contributed by atoms with Gasteiger partial charge in [-0.15, -0.1) is 0 Å². The number of ketones is 1. The van der Waals surface area contributed by atoms with Gasteiger partial charge in [0.2, 0.25) is 5.78 Å². The number of allylic oxidation sites excluding steroid dienone is 1. The van der Waals surface area contributed by atoms with Gasteiger partial charge in [-0.1, -0.05) is 0 Å². The van der Waals surface area contributed by atoms with Crippen molar-refractivity contribution in [2.75, 3.05) is 20.7 Å². The van der Waals surface area contributed by atoms with Crippen LogP contribution in [0.4, 0.5) is 0 Å². The number of carbonyl (C=O) groups excluding carboxylic acids is 1. The fourth-order valence-corrected chi connectivity index (χ4v) is 0.904. The Morgan fingerprint density at radius 2 is 2.40 bits per heavy atom. The molecule has 0 aromatic rings. The number of Topliss-reactive ketones (excluding diaryl/α,β-unsaturated/α-hetero) is 1. The summed E-state index contributed by atoms with van der Waals surface area (Å²) in [7, 11) is 3.44. The van der Waals surface area contributed by atoms with E-state index < -0.39 is 0 Å². The van der Waals surface area contributed by atoms with Gasteiger partial charge in [-0.25, -0.2) is 0 Å². The molecule has 3 nitrogen and oxygen atoms in total. The third-order valence-electron chi connectivity index (χ3n) is 1.52. The molecule has 1 rings (SSSR count). The molecule has 1 aliphatic heterocycles. The Hall–Kier alpha value is -0.990. The monoisotopic (exact) mass is 141 g/mol. The highest BCUT2D eigenvalue weighted by atomic mass is 16.5. The average Bonchev–Trinajstić information content (AvgIpc) is 1.94. The molecule has 0 N–H and O–H groups in total. The van der Waals surface area contributed by atoms with E-state index in [0.29, 0.717) is 12.2 Å². The van der Waals surface area contributed by atoms with Gasteiger partial charge in [-0.3, -0.25) is 4.79 Å². The normalized spacial score (nSPS) is 18.8. The average molecular weight is 141 g/mol. The van der Waals surface area contributed by atoms with E-state index in [1.165, 1.54) is 7.11 Å². The van der Waals surface area contributed by atoms with Crippen LogP contribution in [-0.4, -0.2) is 31.4 Å². The van der Waals surface area contributed by atoms with Crippen LogP contribution >= 0.6 is 0 Å². The van der Waals surface area contributed by atoms with E-state index in [1.807, 2.05) is 11.9 Å². The lowest BCUT2D eigenvalue weighted by molar-refractivity contribution is -0.119. The first-order chi connectivity index (χ1) is 4.74. The zero-order valence-electron chi connectivity index (χ0n) is 6.26. The summed E-state index contributed by atoms with van der Waals surface area (Å²) in [5.74, 6) is 0.564. The minimum absolute atomic E-state index is 0.0978. The zero-order chi connectivity index (χ0) is 7.56. The van der Waals surface area contributed by atoms with E-state index >= 15 is 0 Å². The molecule has 3 heteroatoms. The Labute approximate surface area is 60.3 Å². The summed E-state index contributed by atoms with van der Waals surface area (Å²) in [5, 5.41) is 0.